The summed E-state index contributed by atoms with van der Waals surface area (Å²) in [6.07, 6.45) is 2.47. The molecule has 0 radical (unpaired) electrons. The smallest absolute Gasteiger partial charge is 0.0377 e. The molecule has 1 aromatic carbocycles. The van der Waals surface area contributed by atoms with Crippen molar-refractivity contribution in [1.29, 1.82) is 0 Å². The Labute approximate surface area is 124 Å². The highest BCUT2D eigenvalue weighted by Crippen LogP contribution is 2.29. The summed E-state index contributed by atoms with van der Waals surface area (Å²) < 4.78 is 1.11. The first-order valence-corrected chi connectivity index (χ1v) is 7.74. The average Bonchev–Trinajstić information content (AvgIpc) is 2.38. The summed E-state index contributed by atoms with van der Waals surface area (Å²) in [6, 6.07) is 7.22. The number of nitrogens with zero attached hydrogens (tertiary/aromatic N) is 2. The molecule has 0 aromatic heterocycles. The fraction of sp³-hybridized carbons (Fsp3) is 0.600. The Hall–Kier alpha value is -0.580. The van der Waals surface area contributed by atoms with Crippen LogP contribution in [0.5, 0.6) is 0 Å². The minimum Gasteiger partial charge on any atom is -0.371 e. The second-order valence-corrected chi connectivity index (χ2v) is 6.49. The van der Waals surface area contributed by atoms with E-state index in [1.165, 1.54) is 37.2 Å². The summed E-state index contributed by atoms with van der Waals surface area (Å²) in [5.41, 5.74) is 8.39. The Balaban J connectivity index is 2.11. The van der Waals surface area contributed by atoms with E-state index in [2.05, 4.69) is 58.0 Å². The molecule has 2 rings (SSSR count). The first kappa shape index (κ1) is 14.8. The van der Waals surface area contributed by atoms with Crippen molar-refractivity contribution in [2.75, 3.05) is 32.1 Å². The monoisotopic (exact) mass is 325 g/mol. The zero-order chi connectivity index (χ0) is 14.0. The summed E-state index contributed by atoms with van der Waals surface area (Å²) in [7, 11) is 4.40. The van der Waals surface area contributed by atoms with Gasteiger partial charge < -0.3 is 15.5 Å². The van der Waals surface area contributed by atoms with Gasteiger partial charge in [0.25, 0.3) is 0 Å². The molecule has 106 valence electrons. The van der Waals surface area contributed by atoms with Gasteiger partial charge in [-0.1, -0.05) is 22.0 Å². The molecule has 2 N–H and O–H groups in total. The molecule has 1 saturated heterocycles. The lowest BCUT2D eigenvalue weighted by molar-refractivity contribution is 0.253. The van der Waals surface area contributed by atoms with Crippen molar-refractivity contribution >= 4 is 21.6 Å². The van der Waals surface area contributed by atoms with Gasteiger partial charge in [0, 0.05) is 29.3 Å². The molecule has 1 aromatic rings. The Morgan fingerprint density at radius 3 is 2.53 bits per heavy atom. The van der Waals surface area contributed by atoms with E-state index < -0.39 is 0 Å². The fourth-order valence-electron chi connectivity index (χ4n) is 2.70. The molecule has 0 saturated carbocycles. The number of piperidine rings is 1. The van der Waals surface area contributed by atoms with Crippen LogP contribution in [0.2, 0.25) is 0 Å². The predicted molar refractivity (Wildman–Crippen MR) is 85.7 cm³/mol. The maximum atomic E-state index is 5.95. The molecule has 1 aliphatic heterocycles. The van der Waals surface area contributed by atoms with Gasteiger partial charge in [0.1, 0.15) is 0 Å². The molecule has 0 spiro atoms. The van der Waals surface area contributed by atoms with Gasteiger partial charge in [0.2, 0.25) is 0 Å². The van der Waals surface area contributed by atoms with Crippen molar-refractivity contribution in [1.82, 2.24) is 4.90 Å². The minimum atomic E-state index is 0.0667. The Bertz CT molecular complexity index is 425. The van der Waals surface area contributed by atoms with Crippen molar-refractivity contribution in [3.8, 4) is 0 Å². The van der Waals surface area contributed by atoms with Gasteiger partial charge in [-0.25, -0.2) is 0 Å². The SMILES string of the molecule is CC(N)c1ccc(N(C)C2CCN(C)CC2)cc1Br. The maximum absolute atomic E-state index is 5.95. The quantitative estimate of drug-likeness (QED) is 0.927. The van der Waals surface area contributed by atoms with E-state index in [0.717, 1.165) is 4.47 Å². The molecule has 19 heavy (non-hydrogen) atoms. The second-order valence-electron chi connectivity index (χ2n) is 5.64. The van der Waals surface area contributed by atoms with Gasteiger partial charge in [0.15, 0.2) is 0 Å². The third-order valence-corrected chi connectivity index (χ3v) is 4.80. The summed E-state index contributed by atoms with van der Waals surface area (Å²) in [5, 5.41) is 0. The third-order valence-electron chi connectivity index (χ3n) is 4.12. The van der Waals surface area contributed by atoms with Gasteiger partial charge in [-0.2, -0.15) is 0 Å². The number of likely N-dealkylation sites (tertiary alicyclic amines) is 1. The lowest BCUT2D eigenvalue weighted by Crippen LogP contribution is -2.42. The zero-order valence-electron chi connectivity index (χ0n) is 12.1. The molecule has 1 heterocycles. The molecule has 0 aliphatic carbocycles. The zero-order valence-corrected chi connectivity index (χ0v) is 13.7. The number of anilines is 1. The van der Waals surface area contributed by atoms with Crippen molar-refractivity contribution in [3.63, 3.8) is 0 Å². The normalized spacial score (nSPS) is 19.4. The van der Waals surface area contributed by atoms with Crippen LogP contribution in [-0.2, 0) is 0 Å². The molecular weight excluding hydrogens is 302 g/mol. The van der Waals surface area contributed by atoms with Crippen LogP contribution in [0.25, 0.3) is 0 Å². The largest absolute Gasteiger partial charge is 0.371 e. The molecule has 0 amide bonds. The summed E-state index contributed by atoms with van der Waals surface area (Å²) >= 11 is 3.63. The van der Waals surface area contributed by atoms with Gasteiger partial charge in [-0.15, -0.1) is 0 Å². The maximum Gasteiger partial charge on any atom is 0.0377 e. The van der Waals surface area contributed by atoms with Crippen LogP contribution in [0.4, 0.5) is 5.69 Å². The highest BCUT2D eigenvalue weighted by Gasteiger charge is 2.21. The standard InChI is InChI=1S/C15H24BrN3/c1-11(17)14-5-4-13(10-15(14)16)19(3)12-6-8-18(2)9-7-12/h4-5,10-12H,6-9,17H2,1-3H3. The first-order chi connectivity index (χ1) is 8.99. The van der Waals surface area contributed by atoms with Crippen molar-refractivity contribution in [3.05, 3.63) is 28.2 Å². The van der Waals surface area contributed by atoms with Crippen molar-refractivity contribution in [2.24, 2.45) is 5.73 Å². The number of halogens is 1. The molecular formula is C15H24BrN3. The first-order valence-electron chi connectivity index (χ1n) is 6.95. The number of rotatable bonds is 3. The van der Waals surface area contributed by atoms with E-state index in [1.807, 2.05) is 6.92 Å². The Morgan fingerprint density at radius 1 is 1.37 bits per heavy atom. The molecule has 1 aliphatic rings. The number of hydrogen-bond acceptors (Lipinski definition) is 3. The van der Waals surface area contributed by atoms with E-state index in [0.29, 0.717) is 6.04 Å². The predicted octanol–water partition coefficient (Wildman–Crippen LogP) is 3.00. The lowest BCUT2D eigenvalue weighted by Gasteiger charge is -2.36. The summed E-state index contributed by atoms with van der Waals surface area (Å²) in [6.45, 7) is 4.39. The molecule has 4 heteroatoms. The van der Waals surface area contributed by atoms with Gasteiger partial charge in [-0.05, 0) is 57.6 Å². The van der Waals surface area contributed by atoms with Crippen LogP contribution >= 0.6 is 15.9 Å². The van der Waals surface area contributed by atoms with E-state index in [1.54, 1.807) is 0 Å². The van der Waals surface area contributed by atoms with E-state index in [4.69, 9.17) is 5.73 Å². The average molecular weight is 326 g/mol. The molecule has 1 fully saturated rings. The van der Waals surface area contributed by atoms with Crippen LogP contribution in [0, 0.1) is 0 Å². The molecule has 3 nitrogen and oxygen atoms in total. The topological polar surface area (TPSA) is 32.5 Å². The van der Waals surface area contributed by atoms with Crippen LogP contribution < -0.4 is 10.6 Å². The van der Waals surface area contributed by atoms with E-state index in [9.17, 15) is 0 Å². The van der Waals surface area contributed by atoms with Gasteiger partial charge in [-0.3, -0.25) is 0 Å². The highest BCUT2D eigenvalue weighted by atomic mass is 79.9. The molecule has 1 unspecified atom stereocenters. The highest BCUT2D eigenvalue weighted by molar-refractivity contribution is 9.10. The van der Waals surface area contributed by atoms with Gasteiger partial charge in [0.05, 0.1) is 0 Å². The Kier molecular flexibility index (Phi) is 4.87. The molecule has 0 bridgehead atoms. The Morgan fingerprint density at radius 2 is 2.00 bits per heavy atom. The van der Waals surface area contributed by atoms with E-state index >= 15 is 0 Å². The minimum absolute atomic E-state index is 0.0667. The van der Waals surface area contributed by atoms with Crippen LogP contribution in [0.3, 0.4) is 0 Å². The number of hydrogen-bond donors (Lipinski definition) is 1. The van der Waals surface area contributed by atoms with Crippen molar-refractivity contribution in [2.45, 2.75) is 31.8 Å². The fourth-order valence-corrected chi connectivity index (χ4v) is 3.43. The number of nitrogens with two attached hydrogens (primary N) is 1. The lowest BCUT2D eigenvalue weighted by atomic mass is 10.0. The summed E-state index contributed by atoms with van der Waals surface area (Å²) in [5.74, 6) is 0. The van der Waals surface area contributed by atoms with Crippen LogP contribution in [0.1, 0.15) is 31.4 Å². The number of benzene rings is 1. The molecule has 1 atom stereocenters. The van der Waals surface area contributed by atoms with Crippen LogP contribution in [0.15, 0.2) is 22.7 Å². The van der Waals surface area contributed by atoms with Gasteiger partial charge >= 0.3 is 0 Å². The van der Waals surface area contributed by atoms with Crippen molar-refractivity contribution < 1.29 is 0 Å². The summed E-state index contributed by atoms with van der Waals surface area (Å²) in [4.78, 5) is 4.81. The van der Waals surface area contributed by atoms with E-state index in [-0.39, 0.29) is 6.04 Å². The second kappa shape index (κ2) is 6.25. The third kappa shape index (κ3) is 3.50. The van der Waals surface area contributed by atoms with Crippen LogP contribution in [-0.4, -0.2) is 38.1 Å².